The lowest BCUT2D eigenvalue weighted by molar-refractivity contribution is 0.0695. The van der Waals surface area contributed by atoms with Crippen molar-refractivity contribution in [2.45, 2.75) is 29.8 Å². The van der Waals surface area contributed by atoms with Crippen molar-refractivity contribution in [1.82, 2.24) is 0 Å². The van der Waals surface area contributed by atoms with E-state index in [4.69, 9.17) is 28.3 Å². The Hall–Kier alpha value is -0.650. The van der Waals surface area contributed by atoms with Crippen LogP contribution in [0.4, 0.5) is 4.39 Å². The minimum Gasteiger partial charge on any atom is -0.478 e. The molecule has 0 aliphatic carbocycles. The largest absolute Gasteiger partial charge is 0.478 e. The Kier molecular flexibility index (Phi) is 5.35. The molecule has 0 saturated heterocycles. The van der Waals surface area contributed by atoms with E-state index < -0.39 is 21.4 Å². The highest BCUT2D eigenvalue weighted by atomic mass is 35.5. The van der Waals surface area contributed by atoms with Crippen LogP contribution in [0.3, 0.4) is 0 Å². The summed E-state index contributed by atoms with van der Waals surface area (Å²) in [4.78, 5) is 11.2. The van der Waals surface area contributed by atoms with E-state index in [1.54, 1.807) is 13.8 Å². The van der Waals surface area contributed by atoms with Crippen LogP contribution in [0, 0.1) is 0 Å². The fraction of sp³-hybridized carbons (Fsp3) is 0.417. The Morgan fingerprint density at radius 1 is 1.42 bits per heavy atom. The van der Waals surface area contributed by atoms with Gasteiger partial charge in [0.05, 0.1) is 21.3 Å². The third-order valence-corrected chi connectivity index (χ3v) is 4.49. The van der Waals surface area contributed by atoms with Crippen LogP contribution in [0.15, 0.2) is 17.0 Å². The molecule has 0 saturated carbocycles. The van der Waals surface area contributed by atoms with Gasteiger partial charge in [-0.25, -0.2) is 9.18 Å². The van der Waals surface area contributed by atoms with Gasteiger partial charge in [0, 0.05) is 11.3 Å². The molecule has 0 fully saturated rings. The number of halogens is 3. The van der Waals surface area contributed by atoms with Gasteiger partial charge in [-0.2, -0.15) is 0 Å². The topological polar surface area (TPSA) is 54.4 Å². The van der Waals surface area contributed by atoms with E-state index in [2.05, 4.69) is 0 Å². The quantitative estimate of drug-likeness (QED) is 0.840. The van der Waals surface area contributed by atoms with E-state index in [9.17, 15) is 13.4 Å². The van der Waals surface area contributed by atoms with Crippen LogP contribution in [0.2, 0.25) is 0 Å². The molecule has 1 aromatic carbocycles. The smallest absolute Gasteiger partial charge is 0.336 e. The van der Waals surface area contributed by atoms with Crippen molar-refractivity contribution in [3.8, 4) is 0 Å². The molecule has 1 aromatic rings. The van der Waals surface area contributed by atoms with E-state index in [0.717, 1.165) is 0 Å². The van der Waals surface area contributed by atoms with Crippen molar-refractivity contribution < 1.29 is 18.5 Å². The number of carbonyl (C=O) groups is 1. The standard InChI is InChI=1S/C12H13Cl2FO3S/c1-3-7-8(11(16)17)5-6-9(12(13,14)15)10(7)19(18)4-2/h5-6H,3-4H2,1-2H3,(H,16,17)/t19-/m1/s1. The van der Waals surface area contributed by atoms with E-state index in [-0.39, 0.29) is 21.8 Å². The van der Waals surface area contributed by atoms with E-state index in [0.29, 0.717) is 12.0 Å². The number of hydrogen-bond acceptors (Lipinski definition) is 2. The van der Waals surface area contributed by atoms with Crippen molar-refractivity contribution in [3.05, 3.63) is 28.8 Å². The van der Waals surface area contributed by atoms with Gasteiger partial charge in [-0.05, 0) is 18.1 Å². The van der Waals surface area contributed by atoms with Gasteiger partial charge >= 0.3 is 5.97 Å². The van der Waals surface area contributed by atoms with Crippen molar-refractivity contribution >= 4 is 40.0 Å². The molecule has 0 bridgehead atoms. The zero-order valence-electron chi connectivity index (χ0n) is 10.4. The Balaban J connectivity index is 3.70. The van der Waals surface area contributed by atoms with E-state index >= 15 is 0 Å². The van der Waals surface area contributed by atoms with Gasteiger partial charge in [-0.1, -0.05) is 43.1 Å². The molecule has 7 heteroatoms. The summed E-state index contributed by atoms with van der Waals surface area (Å²) in [5.41, 5.74) is 0.131. The molecule has 0 radical (unpaired) electrons. The summed E-state index contributed by atoms with van der Waals surface area (Å²) in [7, 11) is -1.56. The molecule has 0 aliphatic heterocycles. The number of rotatable bonds is 5. The Bertz CT molecular complexity index is 526. The van der Waals surface area contributed by atoms with Crippen molar-refractivity contribution in [3.63, 3.8) is 0 Å². The van der Waals surface area contributed by atoms with Gasteiger partial charge in [0.1, 0.15) is 0 Å². The third kappa shape index (κ3) is 3.46. The first kappa shape index (κ1) is 16.4. The highest BCUT2D eigenvalue weighted by molar-refractivity contribution is 7.85. The zero-order valence-corrected chi connectivity index (χ0v) is 12.7. The SMILES string of the molecule is CCc1c(C(=O)O)ccc(C(F)(Cl)Cl)c1[S@](=O)CC. The van der Waals surface area contributed by atoms with Gasteiger partial charge in [-0.15, -0.1) is 0 Å². The number of alkyl halides is 3. The molecule has 0 aromatic heterocycles. The second kappa shape index (κ2) is 6.20. The molecule has 0 unspecified atom stereocenters. The summed E-state index contributed by atoms with van der Waals surface area (Å²) in [6.07, 6.45) is 0.292. The molecule has 106 valence electrons. The summed E-state index contributed by atoms with van der Waals surface area (Å²) >= 11 is 10.9. The van der Waals surface area contributed by atoms with E-state index in [1.165, 1.54) is 12.1 Å². The van der Waals surface area contributed by atoms with Gasteiger partial charge < -0.3 is 5.11 Å². The summed E-state index contributed by atoms with van der Waals surface area (Å²) in [6, 6.07) is 2.40. The van der Waals surface area contributed by atoms with Gasteiger partial charge in [0.25, 0.3) is 4.59 Å². The molecule has 0 amide bonds. The zero-order chi connectivity index (χ0) is 14.8. The lowest BCUT2D eigenvalue weighted by Crippen LogP contribution is -2.15. The van der Waals surface area contributed by atoms with Crippen molar-refractivity contribution in [1.29, 1.82) is 0 Å². The maximum atomic E-state index is 13.8. The summed E-state index contributed by atoms with van der Waals surface area (Å²) in [5, 5.41) is 9.11. The van der Waals surface area contributed by atoms with Crippen LogP contribution >= 0.6 is 23.2 Å². The molecule has 1 atom stereocenters. The normalized spacial score (nSPS) is 13.3. The highest BCUT2D eigenvalue weighted by Gasteiger charge is 2.33. The van der Waals surface area contributed by atoms with Crippen LogP contribution in [-0.4, -0.2) is 21.0 Å². The Morgan fingerprint density at radius 3 is 2.37 bits per heavy atom. The van der Waals surface area contributed by atoms with E-state index in [1.807, 2.05) is 0 Å². The molecule has 1 N–H and O–H groups in total. The average Bonchev–Trinajstić information content (AvgIpc) is 2.34. The van der Waals surface area contributed by atoms with Crippen LogP contribution in [0.1, 0.15) is 35.3 Å². The first-order valence-corrected chi connectivity index (χ1v) is 7.66. The molecule has 0 spiro atoms. The Morgan fingerprint density at radius 2 is 2.00 bits per heavy atom. The first-order valence-electron chi connectivity index (χ1n) is 5.58. The predicted molar refractivity (Wildman–Crippen MR) is 74.2 cm³/mol. The monoisotopic (exact) mass is 326 g/mol. The summed E-state index contributed by atoms with van der Waals surface area (Å²) < 4.78 is 23.1. The van der Waals surface area contributed by atoms with Crippen molar-refractivity contribution in [2.24, 2.45) is 0 Å². The maximum Gasteiger partial charge on any atom is 0.336 e. The summed E-state index contributed by atoms with van der Waals surface area (Å²) in [5.74, 6) is -0.946. The fourth-order valence-electron chi connectivity index (χ4n) is 1.81. The molecule has 0 heterocycles. The number of aromatic carboxylic acids is 1. The number of hydrogen-bond donors (Lipinski definition) is 1. The highest BCUT2D eigenvalue weighted by Crippen LogP contribution is 2.40. The lowest BCUT2D eigenvalue weighted by Gasteiger charge is -2.19. The Labute approximate surface area is 123 Å². The number of carboxylic acid groups (broad SMARTS) is 1. The predicted octanol–water partition coefficient (Wildman–Crippen LogP) is 3.63. The molecule has 19 heavy (non-hydrogen) atoms. The summed E-state index contributed by atoms with van der Waals surface area (Å²) in [6.45, 7) is 3.35. The second-order valence-electron chi connectivity index (χ2n) is 3.76. The fourth-order valence-corrected chi connectivity index (χ4v) is 3.51. The first-order chi connectivity index (χ1) is 8.73. The van der Waals surface area contributed by atoms with Gasteiger partial charge in [0.15, 0.2) is 0 Å². The average molecular weight is 327 g/mol. The van der Waals surface area contributed by atoms with Crippen LogP contribution in [0.25, 0.3) is 0 Å². The third-order valence-electron chi connectivity index (χ3n) is 2.64. The van der Waals surface area contributed by atoms with Gasteiger partial charge in [0.2, 0.25) is 0 Å². The second-order valence-corrected chi connectivity index (χ2v) is 6.67. The van der Waals surface area contributed by atoms with Crippen LogP contribution < -0.4 is 0 Å². The van der Waals surface area contributed by atoms with Gasteiger partial charge in [-0.3, -0.25) is 4.21 Å². The number of carboxylic acids is 1. The van der Waals surface area contributed by atoms with Crippen LogP contribution in [-0.2, 0) is 21.8 Å². The molecular formula is C12H13Cl2FO3S. The molecule has 3 nitrogen and oxygen atoms in total. The molecule has 1 rings (SSSR count). The maximum absolute atomic E-state index is 13.8. The van der Waals surface area contributed by atoms with Crippen LogP contribution in [0.5, 0.6) is 0 Å². The lowest BCUT2D eigenvalue weighted by atomic mass is 10.0. The molecular weight excluding hydrogens is 314 g/mol. The minimum atomic E-state index is -2.71. The van der Waals surface area contributed by atoms with Crippen molar-refractivity contribution in [2.75, 3.05) is 5.75 Å². The minimum absolute atomic E-state index is 0.0133. The molecule has 0 aliphatic rings. The number of benzene rings is 1.